The molecule has 1 heterocycles. The Hall–Kier alpha value is -3.06. The Balaban J connectivity index is 1.36. The van der Waals surface area contributed by atoms with Crippen molar-refractivity contribution in [2.75, 3.05) is 23.7 Å². The average Bonchev–Trinajstić information content (AvgIpc) is 3.16. The molecular formula is C22H22BrN3O3. The second kappa shape index (κ2) is 10.5. The molecule has 29 heavy (non-hydrogen) atoms. The Morgan fingerprint density at radius 2 is 1.62 bits per heavy atom. The summed E-state index contributed by atoms with van der Waals surface area (Å²) in [5, 5.41) is 8.98. The van der Waals surface area contributed by atoms with Crippen LogP contribution in [0.15, 0.2) is 75.8 Å². The van der Waals surface area contributed by atoms with Crippen molar-refractivity contribution in [3.63, 3.8) is 0 Å². The highest BCUT2D eigenvalue weighted by molar-refractivity contribution is 9.10. The molecule has 3 rings (SSSR count). The van der Waals surface area contributed by atoms with Crippen LogP contribution in [-0.4, -0.2) is 24.9 Å². The zero-order valence-electron chi connectivity index (χ0n) is 15.8. The third-order valence-corrected chi connectivity index (χ3v) is 4.58. The number of benzene rings is 2. The van der Waals surface area contributed by atoms with Gasteiger partial charge in [0.05, 0.1) is 6.42 Å². The number of amides is 2. The number of hydrogen-bond donors (Lipinski definition) is 3. The first-order chi connectivity index (χ1) is 14.1. The first-order valence-corrected chi connectivity index (χ1v) is 10.1. The zero-order valence-corrected chi connectivity index (χ0v) is 17.4. The van der Waals surface area contributed by atoms with Crippen LogP contribution in [0.4, 0.5) is 11.4 Å². The predicted octanol–water partition coefficient (Wildman–Crippen LogP) is 4.46. The SMILES string of the molecule is O=C(Cc1ccc(NC(=O)c2ccc(Br)o2)cc1)NCCCNc1ccccc1. The van der Waals surface area contributed by atoms with E-state index in [1.54, 1.807) is 24.3 Å². The normalized spacial score (nSPS) is 10.4. The van der Waals surface area contributed by atoms with Gasteiger partial charge in [0.1, 0.15) is 0 Å². The van der Waals surface area contributed by atoms with Crippen LogP contribution in [0.5, 0.6) is 0 Å². The van der Waals surface area contributed by atoms with Gasteiger partial charge in [-0.15, -0.1) is 0 Å². The predicted molar refractivity (Wildman–Crippen MR) is 117 cm³/mol. The molecule has 3 aromatic rings. The lowest BCUT2D eigenvalue weighted by Crippen LogP contribution is -2.27. The average molecular weight is 456 g/mol. The van der Waals surface area contributed by atoms with E-state index >= 15 is 0 Å². The van der Waals surface area contributed by atoms with Gasteiger partial charge in [-0.3, -0.25) is 9.59 Å². The molecule has 0 aliphatic rings. The minimum Gasteiger partial charge on any atom is -0.444 e. The maximum atomic E-state index is 12.1. The van der Waals surface area contributed by atoms with E-state index in [0.29, 0.717) is 23.3 Å². The van der Waals surface area contributed by atoms with Crippen molar-refractivity contribution in [3.8, 4) is 0 Å². The molecule has 0 saturated carbocycles. The van der Waals surface area contributed by atoms with Crippen molar-refractivity contribution >= 4 is 39.1 Å². The van der Waals surface area contributed by atoms with Crippen LogP contribution in [0.1, 0.15) is 22.5 Å². The van der Waals surface area contributed by atoms with E-state index < -0.39 is 0 Å². The molecule has 0 fully saturated rings. The number of para-hydroxylation sites is 1. The number of rotatable bonds is 9. The van der Waals surface area contributed by atoms with E-state index in [2.05, 4.69) is 31.9 Å². The fraction of sp³-hybridized carbons (Fsp3) is 0.182. The highest BCUT2D eigenvalue weighted by Crippen LogP contribution is 2.16. The van der Waals surface area contributed by atoms with E-state index in [-0.39, 0.29) is 17.6 Å². The molecule has 1 aromatic heterocycles. The molecular weight excluding hydrogens is 434 g/mol. The standard InChI is InChI=1S/C22H22BrN3O3/c23-20-12-11-19(29-20)22(28)26-18-9-7-16(8-10-18)15-21(27)25-14-4-13-24-17-5-2-1-3-6-17/h1-3,5-12,24H,4,13-15H2,(H,25,27)(H,26,28). The lowest BCUT2D eigenvalue weighted by Gasteiger charge is -2.08. The van der Waals surface area contributed by atoms with Gasteiger partial charge in [-0.2, -0.15) is 0 Å². The summed E-state index contributed by atoms with van der Waals surface area (Å²) in [6.45, 7) is 1.41. The van der Waals surface area contributed by atoms with Gasteiger partial charge in [-0.25, -0.2) is 0 Å². The Morgan fingerprint density at radius 1 is 0.862 bits per heavy atom. The van der Waals surface area contributed by atoms with Crippen LogP contribution in [0.25, 0.3) is 0 Å². The fourth-order valence-corrected chi connectivity index (χ4v) is 2.99. The van der Waals surface area contributed by atoms with Crippen LogP contribution < -0.4 is 16.0 Å². The maximum Gasteiger partial charge on any atom is 0.291 e. The van der Waals surface area contributed by atoms with Crippen molar-refractivity contribution in [2.45, 2.75) is 12.8 Å². The summed E-state index contributed by atoms with van der Waals surface area (Å²) in [6, 6.07) is 20.4. The number of halogens is 1. The molecule has 2 amide bonds. The van der Waals surface area contributed by atoms with E-state index in [9.17, 15) is 9.59 Å². The highest BCUT2D eigenvalue weighted by atomic mass is 79.9. The quantitative estimate of drug-likeness (QED) is 0.416. The van der Waals surface area contributed by atoms with Gasteiger partial charge in [-0.05, 0) is 64.3 Å². The largest absolute Gasteiger partial charge is 0.444 e. The molecule has 7 heteroatoms. The smallest absolute Gasteiger partial charge is 0.291 e. The van der Waals surface area contributed by atoms with Crippen molar-refractivity contribution in [2.24, 2.45) is 0 Å². The first kappa shape index (κ1) is 20.7. The molecule has 0 spiro atoms. The van der Waals surface area contributed by atoms with Crippen molar-refractivity contribution in [3.05, 3.63) is 82.7 Å². The molecule has 0 aliphatic carbocycles. The number of hydrogen-bond acceptors (Lipinski definition) is 4. The van der Waals surface area contributed by atoms with E-state index in [0.717, 1.165) is 24.2 Å². The van der Waals surface area contributed by atoms with Gasteiger partial charge in [0.15, 0.2) is 10.4 Å². The lowest BCUT2D eigenvalue weighted by molar-refractivity contribution is -0.120. The Bertz CT molecular complexity index is 939. The number of nitrogens with one attached hydrogen (secondary N) is 3. The zero-order chi connectivity index (χ0) is 20.5. The second-order valence-corrected chi connectivity index (χ2v) is 7.21. The monoisotopic (exact) mass is 455 g/mol. The van der Waals surface area contributed by atoms with Crippen molar-refractivity contribution in [1.29, 1.82) is 0 Å². The third-order valence-electron chi connectivity index (χ3n) is 4.15. The van der Waals surface area contributed by atoms with Crippen LogP contribution >= 0.6 is 15.9 Å². The number of carbonyl (C=O) groups is 2. The van der Waals surface area contributed by atoms with Gasteiger partial charge >= 0.3 is 0 Å². The fourth-order valence-electron chi connectivity index (χ4n) is 2.69. The Labute approximate surface area is 177 Å². The minimum atomic E-state index is -0.328. The van der Waals surface area contributed by atoms with E-state index in [1.807, 2.05) is 42.5 Å². The number of anilines is 2. The molecule has 150 valence electrons. The second-order valence-electron chi connectivity index (χ2n) is 6.43. The van der Waals surface area contributed by atoms with E-state index in [1.165, 1.54) is 0 Å². The van der Waals surface area contributed by atoms with E-state index in [4.69, 9.17) is 4.42 Å². The maximum absolute atomic E-state index is 12.1. The molecule has 0 aliphatic heterocycles. The first-order valence-electron chi connectivity index (χ1n) is 9.31. The van der Waals surface area contributed by atoms with Crippen LogP contribution in [-0.2, 0) is 11.2 Å². The van der Waals surface area contributed by atoms with Gasteiger partial charge in [0, 0.05) is 24.5 Å². The lowest BCUT2D eigenvalue weighted by atomic mass is 10.1. The van der Waals surface area contributed by atoms with Gasteiger partial charge in [0.2, 0.25) is 5.91 Å². The summed E-state index contributed by atoms with van der Waals surface area (Å²) in [6.07, 6.45) is 1.14. The van der Waals surface area contributed by atoms with Crippen LogP contribution in [0.3, 0.4) is 0 Å². The Kier molecular flexibility index (Phi) is 7.47. The molecule has 6 nitrogen and oxygen atoms in total. The van der Waals surface area contributed by atoms with Crippen LogP contribution in [0.2, 0.25) is 0 Å². The molecule has 0 atom stereocenters. The van der Waals surface area contributed by atoms with Crippen molar-refractivity contribution in [1.82, 2.24) is 5.32 Å². The van der Waals surface area contributed by atoms with Crippen LogP contribution in [0, 0.1) is 0 Å². The summed E-state index contributed by atoms with van der Waals surface area (Å²) in [5.74, 6) is -0.130. The molecule has 3 N–H and O–H groups in total. The summed E-state index contributed by atoms with van der Waals surface area (Å²) >= 11 is 3.17. The molecule has 0 radical (unpaired) electrons. The Morgan fingerprint density at radius 3 is 2.31 bits per heavy atom. The van der Waals surface area contributed by atoms with Crippen molar-refractivity contribution < 1.29 is 14.0 Å². The minimum absolute atomic E-state index is 0.0260. The summed E-state index contributed by atoms with van der Waals surface area (Å²) in [5.41, 5.74) is 2.59. The third kappa shape index (κ3) is 6.80. The van der Waals surface area contributed by atoms with Gasteiger partial charge in [0.25, 0.3) is 5.91 Å². The molecule has 0 unspecified atom stereocenters. The topological polar surface area (TPSA) is 83.4 Å². The molecule has 0 saturated heterocycles. The molecule has 0 bridgehead atoms. The van der Waals surface area contributed by atoms with Gasteiger partial charge in [-0.1, -0.05) is 30.3 Å². The molecule has 2 aromatic carbocycles. The summed E-state index contributed by atoms with van der Waals surface area (Å²) in [7, 11) is 0. The summed E-state index contributed by atoms with van der Waals surface area (Å²) < 4.78 is 5.72. The number of carbonyl (C=O) groups excluding carboxylic acids is 2. The van der Waals surface area contributed by atoms with Gasteiger partial charge < -0.3 is 20.4 Å². The summed E-state index contributed by atoms with van der Waals surface area (Å²) in [4.78, 5) is 24.1. The number of furan rings is 1. The highest BCUT2D eigenvalue weighted by Gasteiger charge is 2.11.